The lowest BCUT2D eigenvalue weighted by molar-refractivity contribution is 0.412. The highest BCUT2D eigenvalue weighted by molar-refractivity contribution is 14.0. The molecule has 0 bridgehead atoms. The predicted octanol–water partition coefficient (Wildman–Crippen LogP) is 2.49. The summed E-state index contributed by atoms with van der Waals surface area (Å²) in [5.74, 6) is 2.05. The second-order valence-corrected chi connectivity index (χ2v) is 4.80. The summed E-state index contributed by atoms with van der Waals surface area (Å²) in [6.45, 7) is 4.40. The van der Waals surface area contributed by atoms with Gasteiger partial charge in [-0.25, -0.2) is 4.99 Å². The minimum absolute atomic E-state index is 0. The molecule has 0 fully saturated rings. The van der Waals surface area contributed by atoms with Crippen molar-refractivity contribution in [3.05, 3.63) is 18.0 Å². The largest absolute Gasteiger partial charge is 0.364 e. The number of nitrogens with one attached hydrogen (secondary N) is 2. The molecule has 2 N–H and O–H groups in total. The molecule has 0 atom stereocenters. The molecule has 0 radical (unpaired) electrons. The van der Waals surface area contributed by atoms with Gasteiger partial charge in [-0.2, -0.15) is 11.8 Å². The molecule has 7 heteroatoms. The van der Waals surface area contributed by atoms with Crippen LogP contribution in [0.1, 0.15) is 25.5 Å². The van der Waals surface area contributed by atoms with Gasteiger partial charge in [0.05, 0.1) is 6.54 Å². The van der Waals surface area contributed by atoms with Crippen LogP contribution in [-0.4, -0.2) is 36.2 Å². The molecular weight excluding hydrogens is 375 g/mol. The lowest BCUT2D eigenvalue weighted by Gasteiger charge is -2.10. The van der Waals surface area contributed by atoms with Crippen molar-refractivity contribution in [1.82, 2.24) is 15.8 Å². The number of aromatic nitrogens is 1. The van der Waals surface area contributed by atoms with E-state index in [1.165, 1.54) is 12.2 Å². The van der Waals surface area contributed by atoms with Crippen LogP contribution < -0.4 is 10.6 Å². The topological polar surface area (TPSA) is 62.5 Å². The highest BCUT2D eigenvalue weighted by Crippen LogP contribution is 1.98. The number of halogens is 1. The average molecular weight is 398 g/mol. The fraction of sp³-hybridized carbons (Fsp3) is 0.667. The van der Waals surface area contributed by atoms with Gasteiger partial charge < -0.3 is 15.2 Å². The maximum absolute atomic E-state index is 4.77. The van der Waals surface area contributed by atoms with E-state index in [9.17, 15) is 0 Å². The maximum Gasteiger partial charge on any atom is 0.191 e. The van der Waals surface area contributed by atoms with Gasteiger partial charge in [0, 0.05) is 19.2 Å². The molecule has 0 spiro atoms. The molecule has 0 unspecified atom stereocenters. The Balaban J connectivity index is 0.00000324. The van der Waals surface area contributed by atoms with Crippen LogP contribution in [-0.2, 0) is 6.54 Å². The summed E-state index contributed by atoms with van der Waals surface area (Å²) in [5, 5.41) is 10.4. The Hall–Kier alpha value is -0.440. The third-order valence-electron chi connectivity index (χ3n) is 2.30. The zero-order valence-electron chi connectivity index (χ0n) is 11.5. The van der Waals surface area contributed by atoms with Crippen LogP contribution in [0.5, 0.6) is 0 Å². The molecule has 5 nitrogen and oxygen atoms in total. The maximum atomic E-state index is 4.77. The fourth-order valence-electron chi connectivity index (χ4n) is 1.40. The van der Waals surface area contributed by atoms with Gasteiger partial charge in [0.25, 0.3) is 0 Å². The Labute approximate surface area is 136 Å². The van der Waals surface area contributed by atoms with Gasteiger partial charge in [-0.3, -0.25) is 0 Å². The molecule has 0 aliphatic rings. The van der Waals surface area contributed by atoms with Crippen molar-refractivity contribution in [1.29, 1.82) is 0 Å². The molecule has 0 saturated carbocycles. The predicted molar refractivity (Wildman–Crippen MR) is 92.4 cm³/mol. The Morgan fingerprint density at radius 2 is 2.26 bits per heavy atom. The quantitative estimate of drug-likeness (QED) is 0.305. The van der Waals surface area contributed by atoms with E-state index in [2.05, 4.69) is 34.0 Å². The number of nitrogens with zero attached hydrogens (tertiary/aromatic N) is 2. The summed E-state index contributed by atoms with van der Waals surface area (Å²) in [4.78, 5) is 4.44. The van der Waals surface area contributed by atoms with E-state index >= 15 is 0 Å². The Morgan fingerprint density at radius 1 is 1.42 bits per heavy atom. The molecule has 19 heavy (non-hydrogen) atoms. The molecule has 1 heterocycles. The van der Waals surface area contributed by atoms with Gasteiger partial charge >= 0.3 is 0 Å². The molecule has 1 aromatic rings. The van der Waals surface area contributed by atoms with Crippen LogP contribution in [0.25, 0.3) is 0 Å². The average Bonchev–Trinajstić information content (AvgIpc) is 2.88. The molecular formula is C12H23IN4OS. The van der Waals surface area contributed by atoms with E-state index in [-0.39, 0.29) is 24.0 Å². The summed E-state index contributed by atoms with van der Waals surface area (Å²) < 4.78 is 4.77. The molecule has 110 valence electrons. The number of hydrogen-bond donors (Lipinski definition) is 2. The van der Waals surface area contributed by atoms with Gasteiger partial charge in [0.15, 0.2) is 5.96 Å². The first-order chi connectivity index (χ1) is 8.86. The van der Waals surface area contributed by atoms with Gasteiger partial charge in [0.2, 0.25) is 0 Å². The molecule has 0 aromatic carbocycles. The lowest BCUT2D eigenvalue weighted by Crippen LogP contribution is -2.37. The molecule has 0 saturated heterocycles. The van der Waals surface area contributed by atoms with E-state index in [0.29, 0.717) is 6.54 Å². The second-order valence-electron chi connectivity index (χ2n) is 3.81. The first kappa shape index (κ1) is 18.6. The molecule has 0 aliphatic heterocycles. The smallest absolute Gasteiger partial charge is 0.191 e. The van der Waals surface area contributed by atoms with E-state index in [4.69, 9.17) is 4.52 Å². The molecule has 1 rings (SSSR count). The minimum atomic E-state index is 0. The second kappa shape index (κ2) is 12.6. The number of thioether (sulfide) groups is 1. The van der Waals surface area contributed by atoms with Gasteiger partial charge in [0.1, 0.15) is 12.0 Å². The van der Waals surface area contributed by atoms with Crippen molar-refractivity contribution >= 4 is 41.7 Å². The SMILES string of the molecule is CCNC(=NCc1ccon1)NCCCCSC.I. The molecule has 0 amide bonds. The summed E-state index contributed by atoms with van der Waals surface area (Å²) in [6, 6.07) is 1.82. The number of unbranched alkanes of at least 4 members (excludes halogenated alkanes) is 1. The highest BCUT2D eigenvalue weighted by atomic mass is 127. The summed E-state index contributed by atoms with van der Waals surface area (Å²) >= 11 is 1.89. The Bertz CT molecular complexity index is 332. The van der Waals surface area contributed by atoms with Crippen LogP contribution in [0.3, 0.4) is 0 Å². The van der Waals surface area contributed by atoms with E-state index in [1.54, 1.807) is 6.26 Å². The summed E-state index contributed by atoms with van der Waals surface area (Å²) in [5.41, 5.74) is 0.842. The number of rotatable bonds is 8. The van der Waals surface area contributed by atoms with E-state index in [0.717, 1.165) is 31.2 Å². The van der Waals surface area contributed by atoms with Crippen LogP contribution in [0.4, 0.5) is 0 Å². The van der Waals surface area contributed by atoms with Crippen molar-refractivity contribution in [2.75, 3.05) is 25.1 Å². The van der Waals surface area contributed by atoms with Crippen molar-refractivity contribution in [2.24, 2.45) is 4.99 Å². The molecule has 0 aliphatic carbocycles. The van der Waals surface area contributed by atoms with Crippen molar-refractivity contribution < 1.29 is 4.52 Å². The molecule has 1 aromatic heterocycles. The van der Waals surface area contributed by atoms with Gasteiger partial charge in [-0.1, -0.05) is 5.16 Å². The number of hydrogen-bond acceptors (Lipinski definition) is 4. The third kappa shape index (κ3) is 9.15. The summed E-state index contributed by atoms with van der Waals surface area (Å²) in [7, 11) is 0. The van der Waals surface area contributed by atoms with Gasteiger partial charge in [-0.15, -0.1) is 24.0 Å². The van der Waals surface area contributed by atoms with Crippen molar-refractivity contribution in [3.8, 4) is 0 Å². The first-order valence-corrected chi connectivity index (χ1v) is 7.66. The number of guanidine groups is 1. The van der Waals surface area contributed by atoms with Crippen LogP contribution in [0, 0.1) is 0 Å². The van der Waals surface area contributed by atoms with Crippen LogP contribution in [0.2, 0.25) is 0 Å². The van der Waals surface area contributed by atoms with Crippen LogP contribution in [0.15, 0.2) is 21.8 Å². The highest BCUT2D eigenvalue weighted by Gasteiger charge is 1.98. The third-order valence-corrected chi connectivity index (χ3v) is 3.00. The van der Waals surface area contributed by atoms with Gasteiger partial charge in [-0.05, 0) is 31.8 Å². The zero-order chi connectivity index (χ0) is 13.1. The van der Waals surface area contributed by atoms with Crippen LogP contribution >= 0.6 is 35.7 Å². The minimum Gasteiger partial charge on any atom is -0.364 e. The zero-order valence-corrected chi connectivity index (χ0v) is 14.7. The van der Waals surface area contributed by atoms with Crippen molar-refractivity contribution in [3.63, 3.8) is 0 Å². The lowest BCUT2D eigenvalue weighted by atomic mass is 10.3. The van der Waals surface area contributed by atoms with Crippen molar-refractivity contribution in [2.45, 2.75) is 26.3 Å². The first-order valence-electron chi connectivity index (χ1n) is 6.27. The van der Waals surface area contributed by atoms with E-state index < -0.39 is 0 Å². The summed E-state index contributed by atoms with van der Waals surface area (Å²) in [6.07, 6.45) is 6.09. The van der Waals surface area contributed by atoms with E-state index in [1.807, 2.05) is 17.8 Å². The normalized spacial score (nSPS) is 10.9. The number of aliphatic imine (C=N–C) groups is 1. The standard InChI is InChI=1S/C12H22N4OS.HI/c1-3-13-12(14-7-4-5-9-18-2)15-10-11-6-8-17-16-11;/h6,8H,3-5,7,9-10H2,1-2H3,(H2,13,14,15);1H. The Morgan fingerprint density at radius 3 is 2.89 bits per heavy atom. The fourth-order valence-corrected chi connectivity index (χ4v) is 1.89. The monoisotopic (exact) mass is 398 g/mol. The Kier molecular flexibility index (Phi) is 12.3.